The molecule has 0 aliphatic carbocycles. The molecule has 0 saturated heterocycles. The van der Waals surface area contributed by atoms with Gasteiger partial charge in [0.15, 0.2) is 5.65 Å². The fourth-order valence-electron chi connectivity index (χ4n) is 2.13. The zero-order valence-corrected chi connectivity index (χ0v) is 11.7. The van der Waals surface area contributed by atoms with Crippen LogP contribution in [-0.2, 0) is 13.0 Å². The molecular weight excluding hydrogens is 249 g/mol. The maximum Gasteiger partial charge on any atom is 0.151 e. The minimum atomic E-state index is 0.717. The van der Waals surface area contributed by atoms with Gasteiger partial charge in [-0.2, -0.15) is 9.61 Å². The van der Waals surface area contributed by atoms with Gasteiger partial charge >= 0.3 is 0 Å². The lowest BCUT2D eigenvalue weighted by Crippen LogP contribution is -2.10. The molecule has 3 aromatic rings. The summed E-state index contributed by atoms with van der Waals surface area (Å²) in [5, 5.41) is 7.79. The average molecular weight is 265 g/mol. The fourth-order valence-corrected chi connectivity index (χ4v) is 2.13. The molecule has 1 N–H and O–H groups in total. The lowest BCUT2D eigenvalue weighted by atomic mass is 10.0. The molecule has 3 rings (SSSR count). The van der Waals surface area contributed by atoms with E-state index in [1.54, 1.807) is 6.20 Å². The van der Waals surface area contributed by atoms with Crippen LogP contribution in [0.4, 0.5) is 5.82 Å². The van der Waals surface area contributed by atoms with Crippen molar-refractivity contribution in [1.82, 2.24) is 19.6 Å². The number of pyridine rings is 1. The van der Waals surface area contributed by atoms with Crippen LogP contribution in [0.3, 0.4) is 0 Å². The highest BCUT2D eigenvalue weighted by atomic mass is 15.3. The molecular formula is C14H16BN5. The van der Waals surface area contributed by atoms with Crippen LogP contribution in [0.15, 0.2) is 36.8 Å². The molecule has 0 amide bonds. The largest absolute Gasteiger partial charge is 0.366 e. The Morgan fingerprint density at radius 1 is 1.35 bits per heavy atom. The Balaban J connectivity index is 1.94. The first-order chi connectivity index (χ1) is 9.78. The summed E-state index contributed by atoms with van der Waals surface area (Å²) in [5.41, 5.74) is 4.21. The van der Waals surface area contributed by atoms with Gasteiger partial charge in [-0.15, -0.1) is 0 Å². The van der Waals surface area contributed by atoms with E-state index in [-0.39, 0.29) is 0 Å². The van der Waals surface area contributed by atoms with Gasteiger partial charge in [0.1, 0.15) is 13.7 Å². The van der Waals surface area contributed by atoms with E-state index >= 15 is 0 Å². The molecule has 5 nitrogen and oxygen atoms in total. The van der Waals surface area contributed by atoms with Crippen LogP contribution in [-0.4, -0.2) is 27.4 Å². The summed E-state index contributed by atoms with van der Waals surface area (Å²) in [6.07, 6.45) is 6.39. The Morgan fingerprint density at radius 3 is 3.00 bits per heavy atom. The summed E-state index contributed by atoms with van der Waals surface area (Å²) < 4.78 is 1.85. The zero-order chi connectivity index (χ0) is 13.9. The van der Waals surface area contributed by atoms with Gasteiger partial charge in [0.25, 0.3) is 0 Å². The van der Waals surface area contributed by atoms with Crippen molar-refractivity contribution >= 4 is 24.8 Å². The molecule has 0 bridgehead atoms. The highest BCUT2D eigenvalue weighted by Gasteiger charge is 2.08. The third-order valence-electron chi connectivity index (χ3n) is 3.26. The van der Waals surface area contributed by atoms with Crippen LogP contribution >= 0.6 is 0 Å². The van der Waals surface area contributed by atoms with Gasteiger partial charge in [0, 0.05) is 36.9 Å². The highest BCUT2D eigenvalue weighted by Crippen LogP contribution is 2.12. The van der Waals surface area contributed by atoms with E-state index in [4.69, 9.17) is 0 Å². The smallest absolute Gasteiger partial charge is 0.151 e. The minimum Gasteiger partial charge on any atom is -0.366 e. The number of fused-ring (bicyclic) bond motifs is 1. The van der Waals surface area contributed by atoms with Gasteiger partial charge in [0.05, 0.1) is 0 Å². The predicted octanol–water partition coefficient (Wildman–Crippen LogP) is 0.557. The number of aromatic nitrogens is 4. The Hall–Kier alpha value is -2.37. The summed E-state index contributed by atoms with van der Waals surface area (Å²) in [7, 11) is 2.03. The molecule has 0 fully saturated rings. The van der Waals surface area contributed by atoms with Crippen molar-refractivity contribution in [3.8, 4) is 0 Å². The van der Waals surface area contributed by atoms with Gasteiger partial charge < -0.3 is 5.32 Å². The molecule has 0 unspecified atom stereocenters. The number of nitrogens with one attached hydrogen (secondary N) is 1. The summed E-state index contributed by atoms with van der Waals surface area (Å²) in [4.78, 5) is 8.74. The second-order valence-corrected chi connectivity index (χ2v) is 4.76. The van der Waals surface area contributed by atoms with E-state index in [0.29, 0.717) is 0 Å². The van der Waals surface area contributed by atoms with E-state index in [1.165, 1.54) is 0 Å². The Morgan fingerprint density at radius 2 is 2.25 bits per heavy atom. The third kappa shape index (κ3) is 2.36. The predicted molar refractivity (Wildman–Crippen MR) is 82.1 cm³/mol. The summed E-state index contributed by atoms with van der Waals surface area (Å²) >= 11 is 0. The van der Waals surface area contributed by atoms with Crippen LogP contribution in [0.2, 0.25) is 0 Å². The Labute approximate surface area is 118 Å². The van der Waals surface area contributed by atoms with Crippen molar-refractivity contribution in [2.45, 2.75) is 19.9 Å². The number of aryl methyl sites for hydroxylation is 1. The monoisotopic (exact) mass is 265 g/mol. The number of hydrogen-bond acceptors (Lipinski definition) is 4. The standard InChI is InChI=1S/C14H16BN5/c1-2-11-6-13(17-8-10-4-3-5-16-7-10)20-14(19-11)12(15)9-18-20/h3-7,9,17H,2,8,15H2,1H3. The normalized spacial score (nSPS) is 10.8. The molecule has 3 heterocycles. The molecule has 100 valence electrons. The SMILES string of the molecule is Bc1cnn2c(NCc3cccnc3)cc(CC)nc12. The van der Waals surface area contributed by atoms with Crippen LogP contribution in [0.25, 0.3) is 5.65 Å². The fraction of sp³-hybridized carbons (Fsp3) is 0.214. The molecule has 3 aromatic heterocycles. The first-order valence-electron chi connectivity index (χ1n) is 6.75. The van der Waals surface area contributed by atoms with E-state index in [9.17, 15) is 0 Å². The lowest BCUT2D eigenvalue weighted by Gasteiger charge is -2.10. The molecule has 0 aromatic carbocycles. The van der Waals surface area contributed by atoms with Crippen molar-refractivity contribution in [2.75, 3.05) is 5.32 Å². The molecule has 0 aliphatic rings. The third-order valence-corrected chi connectivity index (χ3v) is 3.26. The number of hydrogen-bond donors (Lipinski definition) is 1. The molecule has 0 spiro atoms. The van der Waals surface area contributed by atoms with Crippen LogP contribution in [0.5, 0.6) is 0 Å². The highest BCUT2D eigenvalue weighted by molar-refractivity contribution is 6.36. The summed E-state index contributed by atoms with van der Waals surface area (Å²) in [6, 6.07) is 6.04. The minimum absolute atomic E-state index is 0.717. The molecule has 6 heteroatoms. The van der Waals surface area contributed by atoms with E-state index in [1.807, 2.05) is 36.9 Å². The van der Waals surface area contributed by atoms with Crippen molar-refractivity contribution in [3.63, 3.8) is 0 Å². The van der Waals surface area contributed by atoms with Crippen LogP contribution in [0, 0.1) is 0 Å². The van der Waals surface area contributed by atoms with Gasteiger partial charge in [-0.25, -0.2) is 4.98 Å². The van der Waals surface area contributed by atoms with Gasteiger partial charge in [0.2, 0.25) is 0 Å². The quantitative estimate of drug-likeness (QED) is 0.700. The van der Waals surface area contributed by atoms with Crippen molar-refractivity contribution in [3.05, 3.63) is 48.0 Å². The maximum atomic E-state index is 4.62. The van der Waals surface area contributed by atoms with Gasteiger partial charge in [-0.05, 0) is 23.5 Å². The molecule has 0 atom stereocenters. The van der Waals surface area contributed by atoms with Crippen molar-refractivity contribution < 1.29 is 0 Å². The number of anilines is 1. The van der Waals surface area contributed by atoms with E-state index in [2.05, 4.69) is 33.4 Å². The van der Waals surface area contributed by atoms with Crippen LogP contribution < -0.4 is 10.8 Å². The van der Waals surface area contributed by atoms with E-state index < -0.39 is 0 Å². The zero-order valence-electron chi connectivity index (χ0n) is 11.7. The molecule has 0 radical (unpaired) electrons. The second kappa shape index (κ2) is 5.32. The Kier molecular flexibility index (Phi) is 3.37. The van der Waals surface area contributed by atoms with Crippen LogP contribution in [0.1, 0.15) is 18.2 Å². The topological polar surface area (TPSA) is 55.1 Å². The van der Waals surface area contributed by atoms with Gasteiger partial charge in [-0.1, -0.05) is 13.0 Å². The van der Waals surface area contributed by atoms with Crippen molar-refractivity contribution in [1.29, 1.82) is 0 Å². The molecule has 0 aliphatic heterocycles. The summed E-state index contributed by atoms with van der Waals surface area (Å²) in [6.45, 7) is 2.82. The second-order valence-electron chi connectivity index (χ2n) is 4.76. The van der Waals surface area contributed by atoms with Gasteiger partial charge in [-0.3, -0.25) is 4.98 Å². The summed E-state index contributed by atoms with van der Waals surface area (Å²) in [5.74, 6) is 0.962. The maximum absolute atomic E-state index is 4.62. The first kappa shape index (κ1) is 12.7. The lowest BCUT2D eigenvalue weighted by molar-refractivity contribution is 0.901. The van der Waals surface area contributed by atoms with E-state index in [0.717, 1.165) is 41.2 Å². The average Bonchev–Trinajstić information content (AvgIpc) is 2.87. The number of rotatable bonds is 4. The Bertz CT molecular complexity index is 723. The van der Waals surface area contributed by atoms with Crippen molar-refractivity contribution in [2.24, 2.45) is 0 Å². The first-order valence-corrected chi connectivity index (χ1v) is 6.75. The molecule has 0 saturated carbocycles. The number of nitrogens with zero attached hydrogens (tertiary/aromatic N) is 4. The molecule has 20 heavy (non-hydrogen) atoms.